The Morgan fingerprint density at radius 3 is 2.65 bits per heavy atom. The summed E-state index contributed by atoms with van der Waals surface area (Å²) in [7, 11) is 4.58. The first-order valence-corrected chi connectivity index (χ1v) is 10.2. The van der Waals surface area contributed by atoms with Gasteiger partial charge < -0.3 is 4.57 Å². The quantitative estimate of drug-likeness (QED) is 0.619. The first-order chi connectivity index (χ1) is 12.6. The highest BCUT2D eigenvalue weighted by Gasteiger charge is 2.41. The van der Waals surface area contributed by atoms with Crippen LogP contribution in [0.5, 0.6) is 0 Å². The lowest BCUT2D eigenvalue weighted by atomic mass is 9.88. The molecule has 0 bridgehead atoms. The number of likely N-dealkylation sites (N-methyl/N-ethyl adjacent to an activating group) is 2. The summed E-state index contributed by atoms with van der Waals surface area (Å²) >= 11 is 3.67. The van der Waals surface area contributed by atoms with E-state index in [9.17, 15) is 0 Å². The summed E-state index contributed by atoms with van der Waals surface area (Å²) < 4.78 is 3.73. The maximum absolute atomic E-state index is 3.67. The highest BCUT2D eigenvalue weighted by atomic mass is 79.9. The molecule has 2 aliphatic rings. The van der Waals surface area contributed by atoms with Crippen LogP contribution in [0.3, 0.4) is 0 Å². The number of hydrogen-bond donors (Lipinski definition) is 0. The Hall–Kier alpha value is -1.62. The van der Waals surface area contributed by atoms with Gasteiger partial charge in [0.25, 0.3) is 0 Å². The van der Waals surface area contributed by atoms with E-state index < -0.39 is 0 Å². The molecule has 2 aromatic carbocycles. The number of hydrogen-bond acceptors (Lipinski definition) is 2. The molecule has 134 valence electrons. The summed E-state index contributed by atoms with van der Waals surface area (Å²) in [5, 5.41) is 1.43. The average molecular weight is 410 g/mol. The number of rotatable bonds is 2. The number of fused-ring (bicyclic) bond motifs is 3. The molecule has 0 unspecified atom stereocenters. The number of nitrogens with zero attached hydrogens (tertiary/aromatic N) is 3. The van der Waals surface area contributed by atoms with Crippen molar-refractivity contribution in [1.29, 1.82) is 0 Å². The van der Waals surface area contributed by atoms with Crippen molar-refractivity contribution in [3.05, 3.63) is 69.8 Å². The highest BCUT2D eigenvalue weighted by molar-refractivity contribution is 9.10. The minimum atomic E-state index is 0.448. The van der Waals surface area contributed by atoms with Crippen molar-refractivity contribution in [1.82, 2.24) is 14.4 Å². The molecule has 0 spiro atoms. The lowest BCUT2D eigenvalue weighted by molar-refractivity contribution is 0.0515. The largest absolute Gasteiger partial charge is 0.329 e. The van der Waals surface area contributed by atoms with Crippen LogP contribution in [0.25, 0.3) is 10.9 Å². The Morgan fingerprint density at radius 1 is 1.04 bits per heavy atom. The first-order valence-electron chi connectivity index (χ1n) is 9.38. The third-order valence-electron chi connectivity index (χ3n) is 6.23. The maximum Gasteiger partial charge on any atom is 0.0755 e. The molecule has 0 N–H and O–H groups in total. The molecule has 0 aliphatic carbocycles. The Kier molecular flexibility index (Phi) is 3.96. The molecule has 0 saturated carbocycles. The molecule has 2 atom stereocenters. The van der Waals surface area contributed by atoms with Gasteiger partial charge in [0.05, 0.1) is 12.7 Å². The topological polar surface area (TPSA) is 11.4 Å². The molecule has 26 heavy (non-hydrogen) atoms. The smallest absolute Gasteiger partial charge is 0.0755 e. The molecule has 2 aliphatic heterocycles. The van der Waals surface area contributed by atoms with Gasteiger partial charge in [0.2, 0.25) is 0 Å². The van der Waals surface area contributed by atoms with E-state index in [1.54, 1.807) is 11.3 Å². The maximum atomic E-state index is 3.67. The summed E-state index contributed by atoms with van der Waals surface area (Å²) in [6.45, 7) is 2.09. The molecule has 0 radical (unpaired) electrons. The van der Waals surface area contributed by atoms with Crippen LogP contribution < -0.4 is 0 Å². The SMILES string of the molecule is CN1Cn2c3c(c4cc(Br)ccc42)CCN(C)[C@@H]3[C@@H]1Cc1ccccc1. The van der Waals surface area contributed by atoms with Gasteiger partial charge in [-0.2, -0.15) is 0 Å². The second kappa shape index (κ2) is 6.22. The third kappa shape index (κ3) is 2.47. The van der Waals surface area contributed by atoms with Crippen LogP contribution in [0, 0.1) is 0 Å². The van der Waals surface area contributed by atoms with E-state index in [1.807, 2.05) is 0 Å². The zero-order valence-corrected chi connectivity index (χ0v) is 16.9. The van der Waals surface area contributed by atoms with Gasteiger partial charge in [-0.3, -0.25) is 9.80 Å². The second-order valence-electron chi connectivity index (χ2n) is 7.78. The molecular weight excluding hydrogens is 386 g/mol. The van der Waals surface area contributed by atoms with Crippen LogP contribution in [-0.2, 0) is 19.5 Å². The molecule has 3 aromatic rings. The van der Waals surface area contributed by atoms with E-state index in [4.69, 9.17) is 0 Å². The van der Waals surface area contributed by atoms with Crippen LogP contribution in [0.4, 0.5) is 0 Å². The van der Waals surface area contributed by atoms with Crippen molar-refractivity contribution >= 4 is 26.8 Å². The molecule has 0 amide bonds. The number of aromatic nitrogens is 1. The predicted molar refractivity (Wildman–Crippen MR) is 110 cm³/mol. The molecule has 0 saturated heterocycles. The van der Waals surface area contributed by atoms with Crippen LogP contribution in [0.2, 0.25) is 0 Å². The van der Waals surface area contributed by atoms with Gasteiger partial charge in [-0.15, -0.1) is 0 Å². The third-order valence-corrected chi connectivity index (χ3v) is 6.72. The van der Waals surface area contributed by atoms with Gasteiger partial charge in [0, 0.05) is 33.7 Å². The van der Waals surface area contributed by atoms with E-state index in [1.165, 1.54) is 20.9 Å². The summed E-state index contributed by atoms with van der Waals surface area (Å²) in [4.78, 5) is 5.10. The fraction of sp³-hybridized carbons (Fsp3) is 0.364. The summed E-state index contributed by atoms with van der Waals surface area (Å²) in [5.41, 5.74) is 5.92. The van der Waals surface area contributed by atoms with E-state index in [-0.39, 0.29) is 0 Å². The Morgan fingerprint density at radius 2 is 1.85 bits per heavy atom. The molecule has 3 heterocycles. The summed E-state index contributed by atoms with van der Waals surface area (Å²) in [5.74, 6) is 0. The van der Waals surface area contributed by atoms with Crippen molar-refractivity contribution in [2.75, 3.05) is 20.6 Å². The van der Waals surface area contributed by atoms with E-state index in [2.05, 4.69) is 92.9 Å². The van der Waals surface area contributed by atoms with E-state index in [0.717, 1.165) is 26.1 Å². The van der Waals surface area contributed by atoms with Crippen molar-refractivity contribution < 1.29 is 0 Å². The van der Waals surface area contributed by atoms with Crippen molar-refractivity contribution in [3.63, 3.8) is 0 Å². The van der Waals surface area contributed by atoms with E-state index in [0.29, 0.717) is 12.1 Å². The van der Waals surface area contributed by atoms with E-state index >= 15 is 0 Å². The van der Waals surface area contributed by atoms with Crippen LogP contribution in [0.1, 0.15) is 22.9 Å². The van der Waals surface area contributed by atoms with Crippen LogP contribution in [0.15, 0.2) is 53.0 Å². The first kappa shape index (κ1) is 16.5. The lowest BCUT2D eigenvalue weighted by Gasteiger charge is -2.47. The zero-order valence-electron chi connectivity index (χ0n) is 15.3. The van der Waals surface area contributed by atoms with Gasteiger partial charge >= 0.3 is 0 Å². The minimum Gasteiger partial charge on any atom is -0.329 e. The van der Waals surface area contributed by atoms with Gasteiger partial charge in [-0.1, -0.05) is 46.3 Å². The van der Waals surface area contributed by atoms with Crippen molar-refractivity contribution in [2.45, 2.75) is 31.6 Å². The van der Waals surface area contributed by atoms with Gasteiger partial charge in [0.1, 0.15) is 0 Å². The average Bonchev–Trinajstić information content (AvgIpc) is 2.94. The number of benzene rings is 2. The summed E-state index contributed by atoms with van der Waals surface area (Å²) in [6.07, 6.45) is 2.24. The Balaban J connectivity index is 1.66. The minimum absolute atomic E-state index is 0.448. The fourth-order valence-electron chi connectivity index (χ4n) is 4.97. The van der Waals surface area contributed by atoms with Crippen molar-refractivity contribution in [3.8, 4) is 0 Å². The van der Waals surface area contributed by atoms with Crippen molar-refractivity contribution in [2.24, 2.45) is 0 Å². The molecular formula is C22H24BrN3. The van der Waals surface area contributed by atoms with Gasteiger partial charge in [-0.25, -0.2) is 0 Å². The van der Waals surface area contributed by atoms with Gasteiger partial charge in [-0.05, 0) is 56.3 Å². The molecule has 0 fully saturated rings. The highest BCUT2D eigenvalue weighted by Crippen LogP contribution is 2.43. The Labute approximate surface area is 163 Å². The summed E-state index contributed by atoms with van der Waals surface area (Å²) in [6, 6.07) is 18.7. The van der Waals surface area contributed by atoms with Gasteiger partial charge in [0.15, 0.2) is 0 Å². The Bertz CT molecular complexity index is 962. The standard InChI is InChI=1S/C22H24BrN3/c1-24-11-10-17-18-13-16(23)8-9-19(18)26-14-25(2)20(22(24)21(17)26)12-15-6-4-3-5-7-15/h3-9,13,20,22H,10-12,14H2,1-2H3/t20-,22+/m0/s1. The predicted octanol–water partition coefficient (Wildman–Crippen LogP) is 4.45. The number of halogens is 1. The molecule has 3 nitrogen and oxygen atoms in total. The molecule has 5 rings (SSSR count). The van der Waals surface area contributed by atoms with Crippen LogP contribution >= 0.6 is 15.9 Å². The lowest BCUT2D eigenvalue weighted by Crippen LogP contribution is -2.52. The monoisotopic (exact) mass is 409 g/mol. The van der Waals surface area contributed by atoms with Crippen LogP contribution in [-0.4, -0.2) is 41.0 Å². The zero-order chi connectivity index (χ0) is 17.8. The normalized spacial score (nSPS) is 23.3. The molecule has 4 heteroatoms. The fourth-order valence-corrected chi connectivity index (χ4v) is 5.33. The molecule has 1 aromatic heterocycles. The second-order valence-corrected chi connectivity index (χ2v) is 8.70.